The zero-order valence-corrected chi connectivity index (χ0v) is 7.92. The molecule has 0 radical (unpaired) electrons. The molecule has 0 aliphatic heterocycles. The van der Waals surface area contributed by atoms with Gasteiger partial charge in [0.1, 0.15) is 0 Å². The van der Waals surface area contributed by atoms with Gasteiger partial charge in [0, 0.05) is 13.0 Å². The molecule has 68 valence electrons. The molecule has 1 aliphatic rings. The lowest BCUT2D eigenvalue weighted by molar-refractivity contribution is 0.0462. The molecule has 1 atom stereocenters. The van der Waals surface area contributed by atoms with Gasteiger partial charge in [-0.15, -0.1) is 0 Å². The Balaban J connectivity index is 2.20. The van der Waals surface area contributed by atoms with Crippen molar-refractivity contribution in [3.05, 3.63) is 41.5 Å². The highest BCUT2D eigenvalue weighted by Crippen LogP contribution is 2.36. The highest BCUT2D eigenvalue weighted by molar-refractivity contribution is 5.52. The molecule has 2 rings (SSSR count). The molecule has 0 heterocycles. The Morgan fingerprint density at radius 2 is 2.46 bits per heavy atom. The van der Waals surface area contributed by atoms with Gasteiger partial charge < -0.3 is 4.74 Å². The second-order valence-corrected chi connectivity index (χ2v) is 3.31. The van der Waals surface area contributed by atoms with Crippen LogP contribution in [-0.4, -0.2) is 6.61 Å². The number of hydrogen-bond donors (Lipinski definition) is 0. The molecule has 0 saturated carbocycles. The van der Waals surface area contributed by atoms with E-state index in [9.17, 15) is 0 Å². The smallest absolute Gasteiger partial charge is 0.0867 e. The summed E-state index contributed by atoms with van der Waals surface area (Å²) in [6.07, 6.45) is 3.29. The molecule has 13 heavy (non-hydrogen) atoms. The first-order valence-electron chi connectivity index (χ1n) is 4.72. The van der Waals surface area contributed by atoms with Gasteiger partial charge in [-0.2, -0.15) is 0 Å². The fourth-order valence-corrected chi connectivity index (χ4v) is 1.77. The first-order chi connectivity index (χ1) is 6.35. The van der Waals surface area contributed by atoms with Crippen molar-refractivity contribution >= 4 is 6.08 Å². The van der Waals surface area contributed by atoms with Crippen LogP contribution in [0.5, 0.6) is 0 Å². The Hall–Kier alpha value is -1.08. The third kappa shape index (κ3) is 1.40. The summed E-state index contributed by atoms with van der Waals surface area (Å²) in [7, 11) is 0. The fraction of sp³-hybridized carbons (Fsp3) is 0.333. The molecule has 1 heteroatoms. The van der Waals surface area contributed by atoms with Gasteiger partial charge in [0.2, 0.25) is 0 Å². The van der Waals surface area contributed by atoms with E-state index in [1.807, 2.05) is 13.0 Å². The Kier molecular flexibility index (Phi) is 2.19. The van der Waals surface area contributed by atoms with Crippen LogP contribution in [0.15, 0.2) is 24.8 Å². The molecular weight excluding hydrogens is 160 g/mol. The predicted octanol–water partition coefficient (Wildman–Crippen LogP) is 2.96. The van der Waals surface area contributed by atoms with Gasteiger partial charge in [0.25, 0.3) is 0 Å². The van der Waals surface area contributed by atoms with E-state index in [-0.39, 0.29) is 0 Å². The first kappa shape index (κ1) is 8.52. The Labute approximate surface area is 79.0 Å². The van der Waals surface area contributed by atoms with E-state index in [0.717, 1.165) is 13.0 Å². The van der Waals surface area contributed by atoms with Gasteiger partial charge in [-0.3, -0.25) is 0 Å². The zero-order chi connectivity index (χ0) is 9.26. The molecule has 0 spiro atoms. The van der Waals surface area contributed by atoms with E-state index in [0.29, 0.717) is 6.10 Å². The molecule has 1 aromatic carbocycles. The van der Waals surface area contributed by atoms with Gasteiger partial charge in [-0.1, -0.05) is 30.9 Å². The minimum Gasteiger partial charge on any atom is -0.373 e. The van der Waals surface area contributed by atoms with E-state index in [2.05, 4.69) is 24.8 Å². The quantitative estimate of drug-likeness (QED) is 0.684. The van der Waals surface area contributed by atoms with Gasteiger partial charge >= 0.3 is 0 Å². The average Bonchev–Trinajstić information content (AvgIpc) is 2.14. The summed E-state index contributed by atoms with van der Waals surface area (Å²) >= 11 is 0. The molecule has 1 nitrogen and oxygen atoms in total. The second kappa shape index (κ2) is 3.35. The van der Waals surface area contributed by atoms with Crippen molar-refractivity contribution in [2.24, 2.45) is 0 Å². The van der Waals surface area contributed by atoms with Crippen molar-refractivity contribution in [1.29, 1.82) is 0 Å². The van der Waals surface area contributed by atoms with Crippen LogP contribution in [0.25, 0.3) is 6.08 Å². The number of benzene rings is 1. The Morgan fingerprint density at radius 3 is 3.08 bits per heavy atom. The molecule has 1 aliphatic carbocycles. The van der Waals surface area contributed by atoms with Crippen molar-refractivity contribution in [3.8, 4) is 0 Å². The van der Waals surface area contributed by atoms with Crippen molar-refractivity contribution in [1.82, 2.24) is 0 Å². The zero-order valence-electron chi connectivity index (χ0n) is 7.92. The monoisotopic (exact) mass is 174 g/mol. The van der Waals surface area contributed by atoms with Crippen LogP contribution in [0.1, 0.15) is 29.7 Å². The summed E-state index contributed by atoms with van der Waals surface area (Å²) in [5, 5.41) is 0. The van der Waals surface area contributed by atoms with Gasteiger partial charge in [0.15, 0.2) is 0 Å². The van der Waals surface area contributed by atoms with Crippen LogP contribution in [0.4, 0.5) is 0 Å². The molecule has 0 bridgehead atoms. The van der Waals surface area contributed by atoms with Crippen LogP contribution in [-0.2, 0) is 11.2 Å². The molecule has 1 unspecified atom stereocenters. The molecule has 0 fully saturated rings. The Bertz CT molecular complexity index is 328. The normalized spacial score (nSPS) is 19.0. The largest absolute Gasteiger partial charge is 0.373 e. The summed E-state index contributed by atoms with van der Waals surface area (Å²) in [4.78, 5) is 0. The van der Waals surface area contributed by atoms with Crippen molar-refractivity contribution < 1.29 is 4.74 Å². The van der Waals surface area contributed by atoms with E-state index in [4.69, 9.17) is 4.74 Å². The van der Waals surface area contributed by atoms with E-state index in [1.165, 1.54) is 16.7 Å². The molecular formula is C12H14O. The second-order valence-electron chi connectivity index (χ2n) is 3.31. The number of ether oxygens (including phenoxy) is 1. The molecule has 0 aromatic heterocycles. The summed E-state index contributed by atoms with van der Waals surface area (Å²) in [6.45, 7) is 6.59. The van der Waals surface area contributed by atoms with Gasteiger partial charge in [-0.25, -0.2) is 0 Å². The molecule has 0 amide bonds. The molecule has 0 N–H and O–H groups in total. The van der Waals surface area contributed by atoms with Crippen LogP contribution in [0.2, 0.25) is 0 Å². The predicted molar refractivity (Wildman–Crippen MR) is 54.6 cm³/mol. The Morgan fingerprint density at radius 1 is 1.62 bits per heavy atom. The summed E-state index contributed by atoms with van der Waals surface area (Å²) in [6, 6.07) is 6.44. The lowest BCUT2D eigenvalue weighted by Crippen LogP contribution is -2.19. The van der Waals surface area contributed by atoms with Crippen molar-refractivity contribution in [3.63, 3.8) is 0 Å². The summed E-state index contributed by atoms with van der Waals surface area (Å²) < 4.78 is 5.55. The van der Waals surface area contributed by atoms with E-state index < -0.39 is 0 Å². The number of fused-ring (bicyclic) bond motifs is 1. The number of rotatable bonds is 3. The summed E-state index contributed by atoms with van der Waals surface area (Å²) in [5.41, 5.74) is 3.97. The lowest BCUT2D eigenvalue weighted by Gasteiger charge is -2.30. The highest BCUT2D eigenvalue weighted by atomic mass is 16.5. The topological polar surface area (TPSA) is 9.23 Å². The van der Waals surface area contributed by atoms with Crippen LogP contribution in [0, 0.1) is 0 Å². The van der Waals surface area contributed by atoms with Crippen molar-refractivity contribution in [2.45, 2.75) is 19.4 Å². The highest BCUT2D eigenvalue weighted by Gasteiger charge is 2.25. The van der Waals surface area contributed by atoms with Gasteiger partial charge in [0.05, 0.1) is 6.10 Å². The van der Waals surface area contributed by atoms with Crippen LogP contribution in [0.3, 0.4) is 0 Å². The average molecular weight is 174 g/mol. The molecule has 0 saturated heterocycles. The van der Waals surface area contributed by atoms with Crippen molar-refractivity contribution in [2.75, 3.05) is 6.61 Å². The fourth-order valence-electron chi connectivity index (χ4n) is 1.77. The maximum absolute atomic E-state index is 5.55. The maximum atomic E-state index is 5.55. The van der Waals surface area contributed by atoms with E-state index in [1.54, 1.807) is 0 Å². The first-order valence-corrected chi connectivity index (χ1v) is 4.72. The lowest BCUT2D eigenvalue weighted by atomic mass is 9.84. The third-order valence-electron chi connectivity index (χ3n) is 2.52. The SMILES string of the molecule is C=Cc1ccc2c(c1)CC2OCC. The van der Waals surface area contributed by atoms with E-state index >= 15 is 0 Å². The summed E-state index contributed by atoms with van der Waals surface area (Å²) in [5.74, 6) is 0. The minimum absolute atomic E-state index is 0.346. The standard InChI is InChI=1S/C12H14O/c1-3-9-5-6-11-10(7-9)8-12(11)13-4-2/h3,5-7,12H,1,4,8H2,2H3. The van der Waals surface area contributed by atoms with Crippen LogP contribution >= 0.6 is 0 Å². The van der Waals surface area contributed by atoms with Crippen LogP contribution < -0.4 is 0 Å². The minimum atomic E-state index is 0.346. The molecule has 1 aromatic rings. The maximum Gasteiger partial charge on any atom is 0.0867 e. The number of hydrogen-bond acceptors (Lipinski definition) is 1. The third-order valence-corrected chi connectivity index (χ3v) is 2.52. The van der Waals surface area contributed by atoms with Gasteiger partial charge in [-0.05, 0) is 23.6 Å².